The number of benzene rings is 2. The summed E-state index contributed by atoms with van der Waals surface area (Å²) in [5.41, 5.74) is 2.01. The van der Waals surface area contributed by atoms with Gasteiger partial charge in [0.1, 0.15) is 12.6 Å². The molecule has 1 heterocycles. The highest BCUT2D eigenvalue weighted by Gasteiger charge is 2.28. The molecule has 1 saturated heterocycles. The fraction of sp³-hybridized carbons (Fsp3) is 0.346. The highest BCUT2D eigenvalue weighted by atomic mass is 16.5. The number of piperidine rings is 1. The Balaban J connectivity index is 1.32. The van der Waals surface area contributed by atoms with E-state index in [1.807, 2.05) is 30.3 Å². The van der Waals surface area contributed by atoms with Gasteiger partial charge in [0.2, 0.25) is 11.8 Å². The number of hydrogen-bond acceptors (Lipinski definition) is 6. The third kappa shape index (κ3) is 8.45. The Morgan fingerprint density at radius 3 is 2.44 bits per heavy atom. The van der Waals surface area contributed by atoms with Crippen molar-refractivity contribution in [2.24, 2.45) is 0 Å². The van der Waals surface area contributed by atoms with E-state index in [9.17, 15) is 14.4 Å². The smallest absolute Gasteiger partial charge is 0.253 e. The molecule has 3 rings (SSSR count). The lowest BCUT2D eigenvalue weighted by atomic mass is 10.0. The molecule has 0 bridgehead atoms. The van der Waals surface area contributed by atoms with Crippen LogP contribution in [0.15, 0.2) is 54.6 Å². The number of ether oxygens (including phenoxy) is 3. The number of amides is 3. The molecule has 2 N–H and O–H groups in total. The zero-order valence-corrected chi connectivity index (χ0v) is 18.9. The van der Waals surface area contributed by atoms with E-state index < -0.39 is 17.9 Å². The summed E-state index contributed by atoms with van der Waals surface area (Å²) in [5.74, 6) is 4.58. The van der Waals surface area contributed by atoms with Crippen molar-refractivity contribution < 1.29 is 28.6 Å². The first-order chi connectivity index (χ1) is 16.6. The Kier molecular flexibility index (Phi) is 10.3. The summed E-state index contributed by atoms with van der Waals surface area (Å²) >= 11 is 0. The minimum Gasteiger partial charge on any atom is -0.377 e. The van der Waals surface area contributed by atoms with Crippen LogP contribution in [0, 0.1) is 11.8 Å². The van der Waals surface area contributed by atoms with Gasteiger partial charge >= 0.3 is 0 Å². The maximum absolute atomic E-state index is 12.6. The quantitative estimate of drug-likeness (QED) is 0.299. The molecular weight excluding hydrogens is 436 g/mol. The van der Waals surface area contributed by atoms with Crippen LogP contribution >= 0.6 is 0 Å². The average Bonchev–Trinajstić information content (AvgIpc) is 2.85. The fourth-order valence-corrected chi connectivity index (χ4v) is 3.21. The molecule has 1 unspecified atom stereocenters. The summed E-state index contributed by atoms with van der Waals surface area (Å²) in [7, 11) is 0. The second kappa shape index (κ2) is 13.9. The zero-order valence-electron chi connectivity index (χ0n) is 18.9. The Morgan fingerprint density at radius 1 is 0.941 bits per heavy atom. The summed E-state index contributed by atoms with van der Waals surface area (Å²) in [4.78, 5) is 35.8. The minimum atomic E-state index is -0.738. The van der Waals surface area contributed by atoms with Gasteiger partial charge in [0.25, 0.3) is 5.91 Å². The molecule has 0 radical (unpaired) electrons. The summed E-state index contributed by atoms with van der Waals surface area (Å²) in [6.45, 7) is 2.57. The number of rotatable bonds is 11. The van der Waals surface area contributed by atoms with Crippen LogP contribution in [-0.2, 0) is 30.4 Å². The molecule has 8 heteroatoms. The normalized spacial score (nSPS) is 15.2. The van der Waals surface area contributed by atoms with Crippen LogP contribution in [-0.4, -0.2) is 56.8 Å². The maximum Gasteiger partial charge on any atom is 0.253 e. The Morgan fingerprint density at radius 2 is 1.65 bits per heavy atom. The summed E-state index contributed by atoms with van der Waals surface area (Å²) in [6, 6.07) is 16.1. The van der Waals surface area contributed by atoms with Gasteiger partial charge in [0.15, 0.2) is 0 Å². The van der Waals surface area contributed by atoms with Crippen molar-refractivity contribution in [1.29, 1.82) is 0 Å². The van der Waals surface area contributed by atoms with Crippen LogP contribution in [0.1, 0.15) is 34.3 Å². The summed E-state index contributed by atoms with van der Waals surface area (Å²) in [6.07, 6.45) is 0.471. The number of carbonyl (C=O) groups is 3. The van der Waals surface area contributed by atoms with E-state index in [0.717, 1.165) is 5.56 Å². The molecule has 178 valence electrons. The first kappa shape index (κ1) is 25.1. The highest BCUT2D eigenvalue weighted by molar-refractivity contribution is 6.04. The van der Waals surface area contributed by atoms with E-state index in [1.165, 1.54) is 0 Å². The van der Waals surface area contributed by atoms with Crippen molar-refractivity contribution in [3.8, 4) is 11.8 Å². The minimum absolute atomic E-state index is 0.191. The monoisotopic (exact) mass is 464 g/mol. The molecule has 1 atom stereocenters. The zero-order chi connectivity index (χ0) is 24.0. The van der Waals surface area contributed by atoms with Gasteiger partial charge in [0.05, 0.1) is 38.6 Å². The van der Waals surface area contributed by atoms with Gasteiger partial charge in [-0.05, 0) is 24.1 Å². The van der Waals surface area contributed by atoms with Crippen LogP contribution in [0.25, 0.3) is 0 Å². The van der Waals surface area contributed by atoms with Crippen LogP contribution < -0.4 is 10.6 Å². The highest BCUT2D eigenvalue weighted by Crippen LogP contribution is 2.10. The van der Waals surface area contributed by atoms with E-state index in [1.54, 1.807) is 24.3 Å². The molecule has 1 aliphatic heterocycles. The summed E-state index contributed by atoms with van der Waals surface area (Å²) < 4.78 is 16.5. The molecule has 3 amide bonds. The number of imide groups is 1. The molecule has 1 fully saturated rings. The van der Waals surface area contributed by atoms with Gasteiger partial charge in [-0.15, -0.1) is 0 Å². The molecule has 0 spiro atoms. The second-order valence-electron chi connectivity index (χ2n) is 7.53. The fourth-order valence-electron chi connectivity index (χ4n) is 3.21. The molecule has 2 aromatic carbocycles. The van der Waals surface area contributed by atoms with Crippen LogP contribution in [0.5, 0.6) is 0 Å². The van der Waals surface area contributed by atoms with Crippen molar-refractivity contribution in [1.82, 2.24) is 10.6 Å². The Bertz CT molecular complexity index is 1030. The number of carbonyl (C=O) groups excluding carboxylic acids is 3. The SMILES string of the molecule is O=C1CCC(NC(=O)c2ccccc2C#CCOCCOCCOCc2ccccc2)C(=O)N1. The average molecular weight is 465 g/mol. The lowest BCUT2D eigenvalue weighted by Gasteiger charge is -2.22. The third-order valence-electron chi connectivity index (χ3n) is 4.97. The largest absolute Gasteiger partial charge is 0.377 e. The lowest BCUT2D eigenvalue weighted by Crippen LogP contribution is -2.52. The van der Waals surface area contributed by atoms with Crippen molar-refractivity contribution in [2.75, 3.05) is 33.0 Å². The Labute approximate surface area is 199 Å². The van der Waals surface area contributed by atoms with Gasteiger partial charge < -0.3 is 19.5 Å². The molecule has 2 aromatic rings. The van der Waals surface area contributed by atoms with Crippen molar-refractivity contribution in [2.45, 2.75) is 25.5 Å². The molecule has 0 saturated carbocycles. The van der Waals surface area contributed by atoms with Crippen LogP contribution in [0.4, 0.5) is 0 Å². The second-order valence-corrected chi connectivity index (χ2v) is 7.53. The number of hydrogen-bond donors (Lipinski definition) is 2. The van der Waals surface area contributed by atoms with Crippen molar-refractivity contribution >= 4 is 17.7 Å². The van der Waals surface area contributed by atoms with Crippen molar-refractivity contribution in [3.05, 3.63) is 71.3 Å². The summed E-state index contributed by atoms with van der Waals surface area (Å²) in [5, 5.41) is 4.89. The van der Waals surface area contributed by atoms with E-state index in [2.05, 4.69) is 22.5 Å². The van der Waals surface area contributed by atoms with E-state index in [-0.39, 0.29) is 25.4 Å². The number of nitrogens with one attached hydrogen (secondary N) is 2. The van der Waals surface area contributed by atoms with E-state index in [4.69, 9.17) is 14.2 Å². The molecular formula is C26H28N2O6. The maximum atomic E-state index is 12.6. The van der Waals surface area contributed by atoms with Gasteiger partial charge in [-0.3, -0.25) is 19.7 Å². The van der Waals surface area contributed by atoms with Crippen molar-refractivity contribution in [3.63, 3.8) is 0 Å². The molecule has 8 nitrogen and oxygen atoms in total. The third-order valence-corrected chi connectivity index (χ3v) is 4.97. The van der Waals surface area contributed by atoms with Crippen LogP contribution in [0.2, 0.25) is 0 Å². The molecule has 34 heavy (non-hydrogen) atoms. The molecule has 0 aliphatic carbocycles. The molecule has 1 aliphatic rings. The van der Waals surface area contributed by atoms with Gasteiger partial charge in [-0.2, -0.15) is 0 Å². The van der Waals surface area contributed by atoms with Gasteiger partial charge in [0, 0.05) is 12.0 Å². The topological polar surface area (TPSA) is 103 Å². The lowest BCUT2D eigenvalue weighted by molar-refractivity contribution is -0.134. The van der Waals surface area contributed by atoms with E-state index >= 15 is 0 Å². The first-order valence-electron chi connectivity index (χ1n) is 11.1. The Hall–Kier alpha value is -3.51. The van der Waals surface area contributed by atoms with Crippen LogP contribution in [0.3, 0.4) is 0 Å². The molecule has 0 aromatic heterocycles. The standard InChI is InChI=1S/C26H28N2O6/c29-24-13-12-23(26(31)28-24)27-25(30)22-11-5-4-9-21(22)10-6-14-32-15-16-33-17-18-34-19-20-7-2-1-3-8-20/h1-5,7-9,11,23H,12-19H2,(H,27,30)(H,28,29,31). The van der Waals surface area contributed by atoms with E-state index in [0.29, 0.717) is 44.2 Å². The first-order valence-corrected chi connectivity index (χ1v) is 11.1. The predicted octanol–water partition coefficient (Wildman–Crippen LogP) is 1.82. The predicted molar refractivity (Wildman–Crippen MR) is 125 cm³/mol. The van der Waals surface area contributed by atoms with Gasteiger partial charge in [-0.1, -0.05) is 54.3 Å². The van der Waals surface area contributed by atoms with Gasteiger partial charge in [-0.25, -0.2) is 0 Å².